The third kappa shape index (κ3) is 7.99. The van der Waals surface area contributed by atoms with E-state index in [2.05, 4.69) is 183 Å². The first-order valence-corrected chi connectivity index (χ1v) is 22.6. The molecule has 0 bridgehead atoms. The van der Waals surface area contributed by atoms with Gasteiger partial charge in [-0.3, -0.25) is 0 Å². The van der Waals surface area contributed by atoms with Crippen molar-refractivity contribution in [2.75, 3.05) is 11.4 Å². The molecule has 0 amide bonds. The Bertz CT molecular complexity index is 3220. The van der Waals surface area contributed by atoms with Crippen LogP contribution in [0.3, 0.4) is 0 Å². The van der Waals surface area contributed by atoms with Gasteiger partial charge in [-0.1, -0.05) is 197 Å². The number of rotatable bonds is 9. The highest BCUT2D eigenvalue weighted by molar-refractivity contribution is 5.96. The van der Waals surface area contributed by atoms with Crippen LogP contribution in [0.25, 0.3) is 72.6 Å². The molecular weight excluding hydrogens is 801 g/mol. The predicted molar refractivity (Wildman–Crippen MR) is 278 cm³/mol. The maximum absolute atomic E-state index is 5.25. The van der Waals surface area contributed by atoms with Crippen molar-refractivity contribution in [1.82, 2.24) is 15.0 Å². The van der Waals surface area contributed by atoms with E-state index in [0.717, 1.165) is 50.2 Å². The Balaban J connectivity index is 1.14. The van der Waals surface area contributed by atoms with Gasteiger partial charge in [0.2, 0.25) is 5.95 Å². The summed E-state index contributed by atoms with van der Waals surface area (Å²) in [5, 5.41) is 0. The summed E-state index contributed by atoms with van der Waals surface area (Å²) in [6.45, 7) is 16.0. The van der Waals surface area contributed by atoms with Crippen molar-refractivity contribution < 1.29 is 0 Å². The van der Waals surface area contributed by atoms with Crippen LogP contribution in [0.2, 0.25) is 0 Å². The largest absolute Gasteiger partial charge is 0.306 e. The second-order valence-electron chi connectivity index (χ2n) is 17.3. The molecule has 0 spiro atoms. The van der Waals surface area contributed by atoms with Gasteiger partial charge in [0.25, 0.3) is 0 Å². The van der Waals surface area contributed by atoms with Crippen LogP contribution in [0.4, 0.5) is 11.6 Å². The standard InChI is InChI=1S/C62H50N4/c1-6-21-45(22-7-2)59-63-60(46-27-15-10-16-28-46)65-61(64-59)66-34-20-31-47(35-42(3)54-40-55-53-32-17-18-33-56(53)62(4,5)57(55)41-58(54)66)48-29-19-30-49(36-48)52-38-50(43-23-11-8-12-24-43)37-51(39-52)44-25-13-9-14-26-44/h6-33,35-41H,1,3,34H2,2,4-5H3. The molecule has 2 heterocycles. The van der Waals surface area contributed by atoms with Gasteiger partial charge in [0, 0.05) is 28.7 Å². The average Bonchev–Trinajstić information content (AvgIpc) is 3.62. The topological polar surface area (TPSA) is 41.9 Å². The smallest absolute Gasteiger partial charge is 0.234 e. The molecule has 1 aromatic heterocycles. The van der Waals surface area contributed by atoms with Gasteiger partial charge in [-0.2, -0.15) is 9.97 Å². The molecule has 318 valence electrons. The zero-order chi connectivity index (χ0) is 45.2. The van der Waals surface area contributed by atoms with Gasteiger partial charge in [-0.15, -0.1) is 0 Å². The fourth-order valence-electron chi connectivity index (χ4n) is 9.39. The van der Waals surface area contributed by atoms with Crippen molar-refractivity contribution >= 4 is 28.4 Å². The van der Waals surface area contributed by atoms with Crippen LogP contribution in [-0.2, 0) is 5.41 Å². The summed E-state index contributed by atoms with van der Waals surface area (Å²) in [6, 6.07) is 60.6. The minimum Gasteiger partial charge on any atom is -0.306 e. The minimum atomic E-state index is -0.229. The van der Waals surface area contributed by atoms with E-state index >= 15 is 0 Å². The Hall–Kier alpha value is -8.21. The summed E-state index contributed by atoms with van der Waals surface area (Å²) in [7, 11) is 0. The van der Waals surface area contributed by atoms with Crippen molar-refractivity contribution in [3.05, 3.63) is 254 Å². The summed E-state index contributed by atoms with van der Waals surface area (Å²) in [5.41, 5.74) is 18.6. The van der Waals surface area contributed by atoms with Gasteiger partial charge in [0.05, 0.1) is 5.69 Å². The summed E-state index contributed by atoms with van der Waals surface area (Å²) in [6.07, 6.45) is 14.4. The number of benzene rings is 7. The Morgan fingerprint density at radius 2 is 1.17 bits per heavy atom. The lowest BCUT2D eigenvalue weighted by molar-refractivity contribution is 0.660. The molecule has 0 saturated heterocycles. The second kappa shape index (κ2) is 17.8. The van der Waals surface area contributed by atoms with Gasteiger partial charge < -0.3 is 4.90 Å². The molecule has 0 saturated carbocycles. The Labute approximate surface area is 388 Å². The first-order valence-electron chi connectivity index (χ1n) is 22.6. The van der Waals surface area contributed by atoms with Crippen LogP contribution >= 0.6 is 0 Å². The number of hydrogen-bond donors (Lipinski definition) is 0. The molecule has 10 rings (SSSR count). The van der Waals surface area contributed by atoms with E-state index in [9.17, 15) is 0 Å². The van der Waals surface area contributed by atoms with Gasteiger partial charge in [-0.05, 0) is 122 Å². The normalized spacial score (nSPS) is 14.2. The van der Waals surface area contributed by atoms with Gasteiger partial charge >= 0.3 is 0 Å². The molecule has 2 aliphatic rings. The van der Waals surface area contributed by atoms with E-state index in [1.807, 2.05) is 55.5 Å². The monoisotopic (exact) mass is 850 g/mol. The molecule has 66 heavy (non-hydrogen) atoms. The summed E-state index contributed by atoms with van der Waals surface area (Å²) < 4.78 is 0. The maximum Gasteiger partial charge on any atom is 0.234 e. The number of anilines is 2. The van der Waals surface area contributed by atoms with Crippen LogP contribution < -0.4 is 4.90 Å². The highest BCUT2D eigenvalue weighted by atomic mass is 15.3. The van der Waals surface area contributed by atoms with E-state index in [1.54, 1.807) is 6.08 Å². The molecule has 8 aromatic rings. The molecular formula is C62H50N4. The highest BCUT2D eigenvalue weighted by Gasteiger charge is 2.37. The molecule has 0 unspecified atom stereocenters. The van der Waals surface area contributed by atoms with E-state index in [-0.39, 0.29) is 5.41 Å². The molecule has 0 N–H and O–H groups in total. The van der Waals surface area contributed by atoms with Crippen LogP contribution in [0.5, 0.6) is 0 Å². The van der Waals surface area contributed by atoms with E-state index in [1.165, 1.54) is 44.5 Å². The van der Waals surface area contributed by atoms with E-state index in [4.69, 9.17) is 21.5 Å². The lowest BCUT2D eigenvalue weighted by Crippen LogP contribution is -2.23. The number of hydrogen-bond acceptors (Lipinski definition) is 4. The first-order chi connectivity index (χ1) is 32.3. The van der Waals surface area contributed by atoms with Crippen molar-refractivity contribution in [3.8, 4) is 55.9 Å². The summed E-state index contributed by atoms with van der Waals surface area (Å²) in [4.78, 5) is 17.8. The second-order valence-corrected chi connectivity index (χ2v) is 17.3. The van der Waals surface area contributed by atoms with Crippen LogP contribution in [0.1, 0.15) is 48.8 Å². The molecule has 7 aromatic carbocycles. The lowest BCUT2D eigenvalue weighted by atomic mass is 9.81. The van der Waals surface area contributed by atoms with Crippen LogP contribution in [-0.4, -0.2) is 21.5 Å². The quantitative estimate of drug-likeness (QED) is 0.136. The molecule has 1 aliphatic carbocycles. The van der Waals surface area contributed by atoms with Crippen molar-refractivity contribution in [1.29, 1.82) is 0 Å². The molecule has 4 heteroatoms. The number of allylic oxidation sites excluding steroid dienone is 9. The summed E-state index contributed by atoms with van der Waals surface area (Å²) in [5.74, 6) is 1.70. The van der Waals surface area contributed by atoms with Gasteiger partial charge in [0.15, 0.2) is 11.6 Å². The Kier molecular flexibility index (Phi) is 11.2. The summed E-state index contributed by atoms with van der Waals surface area (Å²) >= 11 is 0. The van der Waals surface area contributed by atoms with Gasteiger partial charge in [0.1, 0.15) is 0 Å². The van der Waals surface area contributed by atoms with Crippen molar-refractivity contribution in [3.63, 3.8) is 0 Å². The first kappa shape index (κ1) is 41.8. The zero-order valence-electron chi connectivity index (χ0n) is 37.6. The van der Waals surface area contributed by atoms with Crippen LogP contribution in [0.15, 0.2) is 226 Å². The Morgan fingerprint density at radius 1 is 0.576 bits per heavy atom. The van der Waals surface area contributed by atoms with E-state index < -0.39 is 0 Å². The number of aromatic nitrogens is 3. The van der Waals surface area contributed by atoms with Gasteiger partial charge in [-0.25, -0.2) is 4.98 Å². The fourth-order valence-corrected chi connectivity index (χ4v) is 9.39. The molecule has 0 atom stereocenters. The highest BCUT2D eigenvalue weighted by Crippen LogP contribution is 2.52. The van der Waals surface area contributed by atoms with Crippen molar-refractivity contribution in [2.45, 2.75) is 26.2 Å². The SMILES string of the molecule is C=CC=C(C=CC)c1nc(-c2ccccc2)nc(N2CC=CC(c3cccc(-c4cc(-c5ccccc5)cc(-c5ccccc5)c4)c3)=CC(=C)c3cc4c(cc32)C(C)(C)c2ccccc2-4)n1. The zero-order valence-corrected chi connectivity index (χ0v) is 37.6. The third-order valence-electron chi connectivity index (χ3n) is 12.7. The predicted octanol–water partition coefficient (Wildman–Crippen LogP) is 15.8. The van der Waals surface area contributed by atoms with Crippen LogP contribution in [0, 0.1) is 0 Å². The third-order valence-corrected chi connectivity index (χ3v) is 12.7. The lowest BCUT2D eigenvalue weighted by Gasteiger charge is -2.28. The average molecular weight is 851 g/mol. The maximum atomic E-state index is 5.25. The number of nitrogens with zero attached hydrogens (tertiary/aromatic N) is 4. The van der Waals surface area contributed by atoms with Crippen molar-refractivity contribution in [2.24, 2.45) is 0 Å². The van der Waals surface area contributed by atoms with E-state index in [0.29, 0.717) is 24.1 Å². The number of fused-ring (bicyclic) bond motifs is 4. The molecule has 4 nitrogen and oxygen atoms in total. The molecule has 1 aliphatic heterocycles. The molecule has 0 fully saturated rings. The molecule has 0 radical (unpaired) electrons. The fraction of sp³-hybridized carbons (Fsp3) is 0.0806. The minimum absolute atomic E-state index is 0.229. The Morgan fingerprint density at radius 3 is 1.83 bits per heavy atom.